The molecule has 0 unspecified atom stereocenters. The summed E-state index contributed by atoms with van der Waals surface area (Å²) in [6.45, 7) is 7.42. The van der Waals surface area contributed by atoms with Crippen molar-refractivity contribution in [2.24, 2.45) is 0 Å². The Morgan fingerprint density at radius 3 is 2.64 bits per heavy atom. The fourth-order valence-electron chi connectivity index (χ4n) is 3.95. The van der Waals surface area contributed by atoms with E-state index in [1.807, 2.05) is 4.90 Å². The minimum atomic E-state index is -0.192. The first-order chi connectivity index (χ1) is 12.3. The first kappa shape index (κ1) is 17.2. The topological polar surface area (TPSA) is 48.9 Å². The van der Waals surface area contributed by atoms with Crippen LogP contribution in [0.15, 0.2) is 5.38 Å². The Hall–Kier alpha value is -1.18. The van der Waals surface area contributed by atoms with E-state index in [0.717, 1.165) is 57.3 Å². The number of carbonyl (C=O) groups excluding carboxylic acids is 1. The number of carbonyl (C=O) groups is 1. The van der Waals surface area contributed by atoms with Gasteiger partial charge in [-0.05, 0) is 38.8 Å². The fraction of sp³-hybridized carbons (Fsp3) is 0.778. The van der Waals surface area contributed by atoms with E-state index in [0.29, 0.717) is 0 Å². The second-order valence-electron chi connectivity index (χ2n) is 7.27. The number of anilines is 1. The molecule has 25 heavy (non-hydrogen) atoms. The maximum atomic E-state index is 12.4. The second-order valence-corrected chi connectivity index (χ2v) is 8.11. The van der Waals surface area contributed by atoms with E-state index >= 15 is 0 Å². The first-order valence-electron chi connectivity index (χ1n) is 9.62. The van der Waals surface area contributed by atoms with Gasteiger partial charge in [-0.3, -0.25) is 9.69 Å². The summed E-state index contributed by atoms with van der Waals surface area (Å²) in [6.07, 6.45) is 5.70. The van der Waals surface area contributed by atoms with Gasteiger partial charge >= 0.3 is 0 Å². The molecule has 0 aromatic carbocycles. The van der Waals surface area contributed by atoms with E-state index in [2.05, 4.69) is 15.2 Å². The van der Waals surface area contributed by atoms with Gasteiger partial charge in [0.25, 0.3) is 5.91 Å². The number of piperidine rings is 1. The van der Waals surface area contributed by atoms with Crippen molar-refractivity contribution in [3.05, 3.63) is 11.1 Å². The maximum Gasteiger partial charge on any atom is 0.251 e. The van der Waals surface area contributed by atoms with E-state index < -0.39 is 0 Å². The molecule has 3 saturated heterocycles. The number of amides is 1. The molecule has 7 heteroatoms. The van der Waals surface area contributed by atoms with Gasteiger partial charge in [0.1, 0.15) is 6.10 Å². The Balaban J connectivity index is 1.28. The molecular formula is C18H28N4O2S. The summed E-state index contributed by atoms with van der Waals surface area (Å²) in [7, 11) is 0. The van der Waals surface area contributed by atoms with Crippen LogP contribution in [0.2, 0.25) is 0 Å². The van der Waals surface area contributed by atoms with Crippen molar-refractivity contribution in [2.45, 2.75) is 44.8 Å². The number of thiazole rings is 1. The first-order valence-corrected chi connectivity index (χ1v) is 10.5. The van der Waals surface area contributed by atoms with Crippen molar-refractivity contribution in [1.82, 2.24) is 14.8 Å². The third kappa shape index (κ3) is 4.15. The van der Waals surface area contributed by atoms with Gasteiger partial charge in [0, 0.05) is 44.7 Å². The van der Waals surface area contributed by atoms with Gasteiger partial charge in [0.2, 0.25) is 0 Å². The zero-order valence-electron chi connectivity index (χ0n) is 14.9. The molecule has 1 amide bonds. The van der Waals surface area contributed by atoms with Crippen molar-refractivity contribution in [3.8, 4) is 0 Å². The van der Waals surface area contributed by atoms with Crippen LogP contribution in [0, 0.1) is 0 Å². The Kier molecular flexibility index (Phi) is 5.53. The lowest BCUT2D eigenvalue weighted by Gasteiger charge is -2.35. The number of nitrogens with zero attached hydrogens (tertiary/aromatic N) is 4. The van der Waals surface area contributed by atoms with Crippen molar-refractivity contribution >= 4 is 22.4 Å². The lowest BCUT2D eigenvalue weighted by Crippen LogP contribution is -2.51. The van der Waals surface area contributed by atoms with E-state index in [-0.39, 0.29) is 12.0 Å². The number of ether oxygens (including phenoxy) is 1. The van der Waals surface area contributed by atoms with Crippen LogP contribution in [0.25, 0.3) is 0 Å². The third-order valence-electron chi connectivity index (χ3n) is 5.44. The van der Waals surface area contributed by atoms with Crippen molar-refractivity contribution in [1.29, 1.82) is 0 Å². The molecule has 3 fully saturated rings. The predicted molar refractivity (Wildman–Crippen MR) is 99.0 cm³/mol. The third-order valence-corrected chi connectivity index (χ3v) is 6.39. The standard InChI is InChI=1S/C18H28N4O2S/c23-17(16-5-4-12-24-16)21-8-10-22(11-9-21)18-19-15(14-25-18)13-20-6-2-1-3-7-20/h14,16H,1-13H2/t16-/m0/s1. The molecule has 0 bridgehead atoms. The van der Waals surface area contributed by atoms with Crippen molar-refractivity contribution in [3.63, 3.8) is 0 Å². The Morgan fingerprint density at radius 2 is 1.92 bits per heavy atom. The van der Waals surface area contributed by atoms with E-state index in [1.165, 1.54) is 38.0 Å². The zero-order chi connectivity index (χ0) is 17.1. The fourth-order valence-corrected chi connectivity index (χ4v) is 4.83. The number of aromatic nitrogens is 1. The largest absolute Gasteiger partial charge is 0.368 e. The molecule has 4 heterocycles. The summed E-state index contributed by atoms with van der Waals surface area (Å²) in [5.41, 5.74) is 1.19. The lowest BCUT2D eigenvalue weighted by molar-refractivity contribution is -0.141. The average Bonchev–Trinajstić information content (AvgIpc) is 3.34. The number of hydrogen-bond donors (Lipinski definition) is 0. The summed E-state index contributed by atoms with van der Waals surface area (Å²) in [5, 5.41) is 3.31. The molecule has 0 N–H and O–H groups in total. The predicted octanol–water partition coefficient (Wildman–Crippen LogP) is 1.96. The molecule has 4 rings (SSSR count). The van der Waals surface area contributed by atoms with Crippen LogP contribution < -0.4 is 4.90 Å². The molecule has 1 atom stereocenters. The quantitative estimate of drug-likeness (QED) is 0.817. The summed E-state index contributed by atoms with van der Waals surface area (Å²) in [4.78, 5) is 24.1. The highest BCUT2D eigenvalue weighted by molar-refractivity contribution is 7.13. The molecule has 1 aromatic heterocycles. The summed E-state index contributed by atoms with van der Waals surface area (Å²) in [5.74, 6) is 0.182. The monoisotopic (exact) mass is 364 g/mol. The molecule has 0 radical (unpaired) electrons. The van der Waals surface area contributed by atoms with Gasteiger partial charge in [-0.1, -0.05) is 6.42 Å². The SMILES string of the molecule is O=C([C@@H]1CCCO1)N1CCN(c2nc(CN3CCCCC3)cs2)CC1. The van der Waals surface area contributed by atoms with Crippen molar-refractivity contribution < 1.29 is 9.53 Å². The van der Waals surface area contributed by atoms with Crippen LogP contribution in [-0.4, -0.2) is 72.7 Å². The highest BCUT2D eigenvalue weighted by Crippen LogP contribution is 2.24. The van der Waals surface area contributed by atoms with Crippen LogP contribution in [0.1, 0.15) is 37.8 Å². The Bertz CT molecular complexity index is 573. The Morgan fingerprint density at radius 1 is 1.12 bits per heavy atom. The Labute approximate surface area is 153 Å². The van der Waals surface area contributed by atoms with Crippen LogP contribution in [0.4, 0.5) is 5.13 Å². The lowest BCUT2D eigenvalue weighted by atomic mass is 10.1. The van der Waals surface area contributed by atoms with E-state index in [1.54, 1.807) is 11.3 Å². The normalized spacial score (nSPS) is 25.5. The highest BCUT2D eigenvalue weighted by atomic mass is 32.1. The van der Waals surface area contributed by atoms with Gasteiger partial charge in [-0.2, -0.15) is 0 Å². The van der Waals surface area contributed by atoms with Gasteiger partial charge in [-0.15, -0.1) is 11.3 Å². The molecular weight excluding hydrogens is 336 g/mol. The van der Waals surface area contributed by atoms with Gasteiger partial charge < -0.3 is 14.5 Å². The molecule has 3 aliphatic heterocycles. The minimum absolute atomic E-state index is 0.182. The average molecular weight is 365 g/mol. The summed E-state index contributed by atoms with van der Waals surface area (Å²) >= 11 is 1.74. The van der Waals surface area contributed by atoms with E-state index in [9.17, 15) is 4.79 Å². The zero-order valence-corrected chi connectivity index (χ0v) is 15.7. The molecule has 1 aromatic rings. The molecule has 0 aliphatic carbocycles. The van der Waals surface area contributed by atoms with Crippen LogP contribution in [0.5, 0.6) is 0 Å². The van der Waals surface area contributed by atoms with Crippen molar-refractivity contribution in [2.75, 3.05) is 50.8 Å². The number of hydrogen-bond acceptors (Lipinski definition) is 6. The molecule has 6 nitrogen and oxygen atoms in total. The van der Waals surface area contributed by atoms with Gasteiger partial charge in [0.05, 0.1) is 5.69 Å². The molecule has 138 valence electrons. The number of likely N-dealkylation sites (tertiary alicyclic amines) is 1. The number of piperazine rings is 1. The second kappa shape index (κ2) is 8.01. The smallest absolute Gasteiger partial charge is 0.251 e. The molecule has 0 saturated carbocycles. The van der Waals surface area contributed by atoms with Crippen LogP contribution in [0.3, 0.4) is 0 Å². The molecule has 3 aliphatic rings. The highest BCUT2D eigenvalue weighted by Gasteiger charge is 2.30. The minimum Gasteiger partial charge on any atom is -0.368 e. The van der Waals surface area contributed by atoms with Gasteiger partial charge in [0.15, 0.2) is 5.13 Å². The van der Waals surface area contributed by atoms with Gasteiger partial charge in [-0.25, -0.2) is 4.98 Å². The molecule has 0 spiro atoms. The summed E-state index contributed by atoms with van der Waals surface area (Å²) in [6, 6.07) is 0. The summed E-state index contributed by atoms with van der Waals surface area (Å²) < 4.78 is 5.54. The number of rotatable bonds is 4. The van der Waals surface area contributed by atoms with Crippen LogP contribution >= 0.6 is 11.3 Å². The maximum absolute atomic E-state index is 12.4. The van der Waals surface area contributed by atoms with Crippen LogP contribution in [-0.2, 0) is 16.1 Å². The van der Waals surface area contributed by atoms with E-state index in [4.69, 9.17) is 9.72 Å².